The Morgan fingerprint density at radius 3 is 2.44 bits per heavy atom. The number of nitrogens with one attached hydrogen (secondary N) is 1. The number of hydrogen-bond donors (Lipinski definition) is 1. The molecule has 2 aromatic carbocycles. The number of likely N-dealkylation sites (N-methyl/N-ethyl adjacent to an activating group) is 1. The second kappa shape index (κ2) is 11.3. The number of piperazine rings is 1. The van der Waals surface area contributed by atoms with Gasteiger partial charge in [0, 0.05) is 44.0 Å². The molecule has 0 unspecified atom stereocenters. The standard InChI is InChI=1S/C29H33F3N6O3/c1-5-36-12-13-40-26-21(31)14-18(15-24(26)36)25-22(32)17-33-27(35-25)34-19-6-7-23(20(30)16-19)37-8-10-38(11-9-37)28(39)41-29(2,3)4/h6-7,14-17H,5,8-13H2,1-4H3,(H,33,34,35). The van der Waals surface area contributed by atoms with Crippen LogP contribution in [0.3, 0.4) is 0 Å². The molecule has 9 nitrogen and oxygen atoms in total. The van der Waals surface area contributed by atoms with Crippen molar-refractivity contribution in [2.24, 2.45) is 0 Å². The van der Waals surface area contributed by atoms with Crippen LogP contribution in [0, 0.1) is 17.5 Å². The van der Waals surface area contributed by atoms with Gasteiger partial charge in [0.15, 0.2) is 17.4 Å². The minimum atomic E-state index is -0.721. The zero-order chi connectivity index (χ0) is 29.3. The fourth-order valence-electron chi connectivity index (χ4n) is 4.86. The maximum Gasteiger partial charge on any atom is 0.410 e. The highest BCUT2D eigenvalue weighted by Crippen LogP contribution is 2.38. The maximum absolute atomic E-state index is 15.2. The third-order valence-corrected chi connectivity index (χ3v) is 6.85. The normalized spacial score (nSPS) is 15.3. The van der Waals surface area contributed by atoms with Crippen molar-refractivity contribution in [2.75, 3.05) is 61.0 Å². The van der Waals surface area contributed by atoms with Crippen LogP contribution in [-0.4, -0.2) is 72.4 Å². The van der Waals surface area contributed by atoms with E-state index >= 15 is 4.39 Å². The molecule has 41 heavy (non-hydrogen) atoms. The summed E-state index contributed by atoms with van der Waals surface area (Å²) in [6, 6.07) is 7.43. The Bertz CT molecular complexity index is 1440. The van der Waals surface area contributed by atoms with E-state index in [9.17, 15) is 13.6 Å². The summed E-state index contributed by atoms with van der Waals surface area (Å²) >= 11 is 0. The first-order valence-corrected chi connectivity index (χ1v) is 13.6. The average molecular weight is 571 g/mol. The first kappa shape index (κ1) is 28.3. The largest absolute Gasteiger partial charge is 0.486 e. The molecule has 3 heterocycles. The monoisotopic (exact) mass is 570 g/mol. The van der Waals surface area contributed by atoms with Crippen molar-refractivity contribution in [1.82, 2.24) is 14.9 Å². The van der Waals surface area contributed by atoms with E-state index in [1.807, 2.05) is 37.5 Å². The molecule has 0 bridgehead atoms. The van der Waals surface area contributed by atoms with Crippen LogP contribution in [0.15, 0.2) is 36.5 Å². The van der Waals surface area contributed by atoms with E-state index in [2.05, 4.69) is 15.3 Å². The van der Waals surface area contributed by atoms with Crippen LogP contribution in [0.4, 0.5) is 41.0 Å². The van der Waals surface area contributed by atoms with E-state index in [-0.39, 0.29) is 29.0 Å². The van der Waals surface area contributed by atoms with Crippen LogP contribution < -0.4 is 19.9 Å². The molecule has 3 aromatic rings. The van der Waals surface area contributed by atoms with Crippen LogP contribution in [0.1, 0.15) is 27.7 Å². The number of ether oxygens (including phenoxy) is 2. The smallest absolute Gasteiger partial charge is 0.410 e. The Kier molecular flexibility index (Phi) is 7.83. The Morgan fingerprint density at radius 1 is 1.00 bits per heavy atom. The van der Waals surface area contributed by atoms with Gasteiger partial charge in [0.25, 0.3) is 0 Å². The highest BCUT2D eigenvalue weighted by molar-refractivity contribution is 5.73. The predicted molar refractivity (Wildman–Crippen MR) is 150 cm³/mol. The van der Waals surface area contributed by atoms with Crippen molar-refractivity contribution in [3.63, 3.8) is 0 Å². The minimum absolute atomic E-state index is 0.0289. The highest BCUT2D eigenvalue weighted by Gasteiger charge is 2.27. The molecular weight excluding hydrogens is 537 g/mol. The summed E-state index contributed by atoms with van der Waals surface area (Å²) in [6.45, 7) is 10.7. The maximum atomic E-state index is 15.2. The SMILES string of the molecule is CCN1CCOc2c(F)cc(-c3nc(Nc4ccc(N5CCN(C(=O)OC(C)(C)C)CC5)c(F)c4)ncc3F)cc21. The van der Waals surface area contributed by atoms with Crippen molar-refractivity contribution in [1.29, 1.82) is 0 Å². The van der Waals surface area contributed by atoms with E-state index in [0.29, 0.717) is 62.9 Å². The summed E-state index contributed by atoms with van der Waals surface area (Å²) in [7, 11) is 0. The number of carbonyl (C=O) groups excluding carboxylic acids is 1. The number of anilines is 4. The van der Waals surface area contributed by atoms with Crippen molar-refractivity contribution in [3.8, 4) is 17.0 Å². The van der Waals surface area contributed by atoms with E-state index < -0.39 is 23.1 Å². The van der Waals surface area contributed by atoms with Gasteiger partial charge in [-0.15, -0.1) is 0 Å². The van der Waals surface area contributed by atoms with E-state index in [1.165, 1.54) is 12.1 Å². The molecule has 218 valence electrons. The number of benzene rings is 2. The first-order valence-electron chi connectivity index (χ1n) is 13.6. The third kappa shape index (κ3) is 6.26. The quantitative estimate of drug-likeness (QED) is 0.426. The molecule has 0 aliphatic carbocycles. The number of amides is 1. The molecule has 0 spiro atoms. The summed E-state index contributed by atoms with van der Waals surface area (Å²) < 4.78 is 55.7. The van der Waals surface area contributed by atoms with Gasteiger partial charge in [-0.05, 0) is 58.0 Å². The number of halogens is 3. The third-order valence-electron chi connectivity index (χ3n) is 6.85. The second-order valence-corrected chi connectivity index (χ2v) is 10.9. The van der Waals surface area contributed by atoms with Gasteiger partial charge in [-0.25, -0.2) is 27.9 Å². The van der Waals surface area contributed by atoms with E-state index in [4.69, 9.17) is 9.47 Å². The van der Waals surface area contributed by atoms with Crippen LogP contribution in [0.25, 0.3) is 11.3 Å². The highest BCUT2D eigenvalue weighted by atomic mass is 19.1. The molecule has 2 aliphatic rings. The molecule has 1 amide bonds. The summed E-state index contributed by atoms with van der Waals surface area (Å²) in [5.41, 5.74) is 0.850. The number of hydrogen-bond acceptors (Lipinski definition) is 8. The summed E-state index contributed by atoms with van der Waals surface area (Å²) in [6.07, 6.45) is 0.607. The molecule has 0 radical (unpaired) electrons. The summed E-state index contributed by atoms with van der Waals surface area (Å²) in [4.78, 5) is 26.0. The van der Waals surface area contributed by atoms with Gasteiger partial charge in [0.1, 0.15) is 23.7 Å². The molecular formula is C29H33F3N6O3. The number of carbonyl (C=O) groups is 1. The van der Waals surface area contributed by atoms with Crippen molar-refractivity contribution >= 4 is 29.1 Å². The second-order valence-electron chi connectivity index (χ2n) is 10.9. The topological polar surface area (TPSA) is 83.1 Å². The molecule has 5 rings (SSSR count). The number of rotatable bonds is 5. The lowest BCUT2D eigenvalue weighted by molar-refractivity contribution is 0.0240. The van der Waals surface area contributed by atoms with Gasteiger partial charge in [-0.2, -0.15) is 0 Å². The molecule has 1 fully saturated rings. The summed E-state index contributed by atoms with van der Waals surface area (Å²) in [5.74, 6) is -1.63. The van der Waals surface area contributed by atoms with Crippen LogP contribution in [0.2, 0.25) is 0 Å². The molecule has 12 heteroatoms. The van der Waals surface area contributed by atoms with Gasteiger partial charge < -0.3 is 29.5 Å². The van der Waals surface area contributed by atoms with Gasteiger partial charge in [-0.3, -0.25) is 0 Å². The van der Waals surface area contributed by atoms with Crippen LogP contribution >= 0.6 is 0 Å². The number of aromatic nitrogens is 2. The zero-order valence-corrected chi connectivity index (χ0v) is 23.5. The molecule has 1 N–H and O–H groups in total. The Labute approximate surface area is 236 Å². The molecule has 0 atom stereocenters. The van der Waals surface area contributed by atoms with Crippen molar-refractivity contribution in [2.45, 2.75) is 33.3 Å². The van der Waals surface area contributed by atoms with Crippen molar-refractivity contribution < 1.29 is 27.4 Å². The first-order chi connectivity index (χ1) is 19.5. The van der Waals surface area contributed by atoms with Gasteiger partial charge >= 0.3 is 6.09 Å². The Morgan fingerprint density at radius 2 is 1.76 bits per heavy atom. The van der Waals surface area contributed by atoms with Crippen molar-refractivity contribution in [3.05, 3.63) is 54.0 Å². The van der Waals surface area contributed by atoms with Crippen LogP contribution in [0.5, 0.6) is 5.75 Å². The Balaban J connectivity index is 1.30. The fraction of sp³-hybridized carbons (Fsp3) is 0.414. The van der Waals surface area contributed by atoms with Gasteiger partial charge in [-0.1, -0.05) is 0 Å². The summed E-state index contributed by atoms with van der Waals surface area (Å²) in [5, 5.41) is 2.91. The van der Waals surface area contributed by atoms with Gasteiger partial charge in [0.05, 0.1) is 24.1 Å². The zero-order valence-electron chi connectivity index (χ0n) is 23.5. The van der Waals surface area contributed by atoms with Gasteiger partial charge in [0.2, 0.25) is 5.95 Å². The predicted octanol–water partition coefficient (Wildman–Crippen LogP) is 5.58. The Hall–Kier alpha value is -4.22. The lowest BCUT2D eigenvalue weighted by Crippen LogP contribution is -2.50. The fourth-order valence-corrected chi connectivity index (χ4v) is 4.86. The number of fused-ring (bicyclic) bond motifs is 1. The molecule has 1 saturated heterocycles. The lowest BCUT2D eigenvalue weighted by atomic mass is 10.1. The minimum Gasteiger partial charge on any atom is -0.486 e. The molecule has 2 aliphatic heterocycles. The van der Waals surface area contributed by atoms with E-state index in [0.717, 1.165) is 6.20 Å². The number of nitrogens with zero attached hydrogens (tertiary/aromatic N) is 5. The molecule has 0 saturated carbocycles. The van der Waals surface area contributed by atoms with E-state index in [1.54, 1.807) is 23.1 Å². The lowest BCUT2D eigenvalue weighted by Gasteiger charge is -2.36. The molecule has 1 aromatic heterocycles. The van der Waals surface area contributed by atoms with Crippen LogP contribution in [-0.2, 0) is 4.74 Å². The average Bonchev–Trinajstić information content (AvgIpc) is 2.93.